The normalized spacial score (nSPS) is 16.4. The number of halogens is 3. The van der Waals surface area contributed by atoms with Gasteiger partial charge < -0.3 is 0 Å². The number of fused-ring (bicyclic) bond motifs is 3. The molecule has 1 aliphatic carbocycles. The van der Waals surface area contributed by atoms with E-state index in [1.807, 2.05) is 22.7 Å². The molecule has 0 bridgehead atoms. The van der Waals surface area contributed by atoms with Crippen molar-refractivity contribution in [3.8, 4) is 9.75 Å². The molecule has 1 unspecified atom stereocenters. The van der Waals surface area contributed by atoms with Crippen molar-refractivity contribution in [3.63, 3.8) is 0 Å². The Balaban J connectivity index is 1.84. The van der Waals surface area contributed by atoms with Crippen LogP contribution < -0.4 is 0 Å². The van der Waals surface area contributed by atoms with Gasteiger partial charge in [-0.25, -0.2) is 0 Å². The summed E-state index contributed by atoms with van der Waals surface area (Å²) in [5, 5.41) is 0. The standard InChI is InChI=1S/C18H21Br3S2/c1-3-4-5-6-7-8-13(19)18(2)11-9-14(20)22-16(11)17-12(18)10-15(21)23-17/h9-10,13H,3-8H2,1-2H3. The maximum absolute atomic E-state index is 4.07. The van der Waals surface area contributed by atoms with Gasteiger partial charge in [0.2, 0.25) is 0 Å². The van der Waals surface area contributed by atoms with Gasteiger partial charge >= 0.3 is 0 Å². The summed E-state index contributed by atoms with van der Waals surface area (Å²) in [6.45, 7) is 4.69. The van der Waals surface area contributed by atoms with Gasteiger partial charge in [-0.15, -0.1) is 22.7 Å². The summed E-state index contributed by atoms with van der Waals surface area (Å²) in [7, 11) is 0. The zero-order valence-corrected chi connectivity index (χ0v) is 19.8. The van der Waals surface area contributed by atoms with Crippen molar-refractivity contribution in [2.24, 2.45) is 0 Å². The maximum Gasteiger partial charge on any atom is 0.0708 e. The van der Waals surface area contributed by atoms with Crippen LogP contribution in [0.25, 0.3) is 9.75 Å². The summed E-state index contributed by atoms with van der Waals surface area (Å²) in [6, 6.07) is 4.68. The van der Waals surface area contributed by atoms with Crippen molar-refractivity contribution in [3.05, 3.63) is 30.8 Å². The van der Waals surface area contributed by atoms with Crippen molar-refractivity contribution in [1.82, 2.24) is 0 Å². The largest absolute Gasteiger partial charge is 0.127 e. The molecule has 2 heterocycles. The number of alkyl halides is 1. The maximum atomic E-state index is 4.07. The molecule has 23 heavy (non-hydrogen) atoms. The number of unbranched alkanes of at least 4 members (excludes halogenated alkanes) is 4. The lowest BCUT2D eigenvalue weighted by Crippen LogP contribution is -2.31. The summed E-state index contributed by atoms with van der Waals surface area (Å²) in [6.07, 6.45) is 7.96. The molecule has 0 aliphatic heterocycles. The van der Waals surface area contributed by atoms with Crippen molar-refractivity contribution < 1.29 is 0 Å². The van der Waals surface area contributed by atoms with E-state index < -0.39 is 0 Å². The Kier molecular flexibility index (Phi) is 6.16. The fourth-order valence-electron chi connectivity index (χ4n) is 3.53. The Bertz CT molecular complexity index is 640. The second kappa shape index (κ2) is 7.61. The molecular formula is C18H21Br3S2. The summed E-state index contributed by atoms with van der Waals surface area (Å²) < 4.78 is 2.48. The molecule has 0 N–H and O–H groups in total. The van der Waals surface area contributed by atoms with Gasteiger partial charge in [0.15, 0.2) is 0 Å². The smallest absolute Gasteiger partial charge is 0.0708 e. The molecule has 2 aromatic heterocycles. The third kappa shape index (κ3) is 3.42. The molecular weight excluding hydrogens is 520 g/mol. The van der Waals surface area contributed by atoms with Gasteiger partial charge in [-0.2, -0.15) is 0 Å². The molecule has 0 saturated carbocycles. The molecule has 0 spiro atoms. The Morgan fingerprint density at radius 3 is 2.00 bits per heavy atom. The number of rotatable bonds is 7. The highest BCUT2D eigenvalue weighted by Crippen LogP contribution is 2.59. The van der Waals surface area contributed by atoms with Crippen LogP contribution in [0.2, 0.25) is 0 Å². The topological polar surface area (TPSA) is 0 Å². The molecule has 5 heteroatoms. The Hall–Kier alpha value is 0.840. The minimum absolute atomic E-state index is 0.0838. The predicted octanol–water partition coefficient (Wildman–Crippen LogP) is 8.75. The lowest BCUT2D eigenvalue weighted by atomic mass is 9.77. The zero-order valence-electron chi connectivity index (χ0n) is 13.4. The predicted molar refractivity (Wildman–Crippen MR) is 116 cm³/mol. The van der Waals surface area contributed by atoms with E-state index in [4.69, 9.17) is 0 Å². The highest BCUT2D eigenvalue weighted by molar-refractivity contribution is 9.11. The molecule has 0 saturated heterocycles. The van der Waals surface area contributed by atoms with E-state index in [2.05, 4.69) is 73.8 Å². The van der Waals surface area contributed by atoms with Gasteiger partial charge in [-0.1, -0.05) is 61.9 Å². The van der Waals surface area contributed by atoms with Gasteiger partial charge in [-0.05, 0) is 61.5 Å². The molecule has 0 fully saturated rings. The van der Waals surface area contributed by atoms with Crippen molar-refractivity contribution in [2.45, 2.75) is 62.6 Å². The molecule has 2 aromatic rings. The minimum atomic E-state index is 0.0838. The first kappa shape index (κ1) is 18.6. The van der Waals surface area contributed by atoms with E-state index >= 15 is 0 Å². The van der Waals surface area contributed by atoms with Crippen LogP contribution in [0.15, 0.2) is 19.7 Å². The first-order chi connectivity index (χ1) is 11.0. The summed E-state index contributed by atoms with van der Waals surface area (Å²) in [5.74, 6) is 0. The Labute approximate surface area is 172 Å². The number of thiophene rings is 2. The lowest BCUT2D eigenvalue weighted by Gasteiger charge is -2.31. The summed E-state index contributed by atoms with van der Waals surface area (Å²) >= 11 is 15.2. The van der Waals surface area contributed by atoms with Crippen LogP contribution >= 0.6 is 70.5 Å². The molecule has 126 valence electrons. The van der Waals surface area contributed by atoms with Gasteiger partial charge in [0.25, 0.3) is 0 Å². The van der Waals surface area contributed by atoms with Crippen LogP contribution in [-0.4, -0.2) is 4.83 Å². The fraction of sp³-hybridized carbons (Fsp3) is 0.556. The van der Waals surface area contributed by atoms with Gasteiger partial charge in [-0.3, -0.25) is 0 Å². The van der Waals surface area contributed by atoms with Gasteiger partial charge in [0, 0.05) is 20.0 Å². The Morgan fingerprint density at radius 1 is 0.957 bits per heavy atom. The highest BCUT2D eigenvalue weighted by Gasteiger charge is 2.46. The molecule has 1 aliphatic rings. The van der Waals surface area contributed by atoms with Crippen LogP contribution in [-0.2, 0) is 5.41 Å². The number of hydrogen-bond acceptors (Lipinski definition) is 2. The van der Waals surface area contributed by atoms with Crippen LogP contribution in [0, 0.1) is 0 Å². The Morgan fingerprint density at radius 2 is 1.48 bits per heavy atom. The van der Waals surface area contributed by atoms with Crippen molar-refractivity contribution >= 4 is 70.5 Å². The number of hydrogen-bond donors (Lipinski definition) is 0. The summed E-state index contributed by atoms with van der Waals surface area (Å²) in [5.41, 5.74) is 3.08. The van der Waals surface area contributed by atoms with E-state index in [0.717, 1.165) is 0 Å². The SMILES string of the molecule is CCCCCCCC(Br)C1(C)c2cc(Br)sc2-c2sc(Br)cc21. The van der Waals surface area contributed by atoms with Gasteiger partial charge in [0.05, 0.1) is 7.57 Å². The molecule has 0 radical (unpaired) electrons. The van der Waals surface area contributed by atoms with Crippen LogP contribution in [0.3, 0.4) is 0 Å². The first-order valence-corrected chi connectivity index (χ1v) is 12.4. The van der Waals surface area contributed by atoms with Crippen LogP contribution in [0.4, 0.5) is 0 Å². The monoisotopic (exact) mass is 538 g/mol. The quantitative estimate of drug-likeness (QED) is 0.243. The van der Waals surface area contributed by atoms with Gasteiger partial charge in [0.1, 0.15) is 0 Å². The first-order valence-electron chi connectivity index (χ1n) is 8.22. The van der Waals surface area contributed by atoms with Crippen LogP contribution in [0.5, 0.6) is 0 Å². The highest BCUT2D eigenvalue weighted by atomic mass is 79.9. The van der Waals surface area contributed by atoms with E-state index in [0.29, 0.717) is 4.83 Å². The molecule has 3 rings (SSSR count). The molecule has 0 aromatic carbocycles. The average Bonchev–Trinajstić information content (AvgIpc) is 3.13. The summed E-state index contributed by atoms with van der Waals surface area (Å²) in [4.78, 5) is 3.40. The van der Waals surface area contributed by atoms with E-state index in [1.54, 1.807) is 0 Å². The van der Waals surface area contributed by atoms with E-state index in [-0.39, 0.29) is 5.41 Å². The second-order valence-electron chi connectivity index (χ2n) is 6.46. The van der Waals surface area contributed by atoms with Crippen LogP contribution in [0.1, 0.15) is 63.5 Å². The van der Waals surface area contributed by atoms with E-state index in [1.165, 1.54) is 67.0 Å². The second-order valence-corrected chi connectivity index (χ2v) is 12.4. The van der Waals surface area contributed by atoms with E-state index in [9.17, 15) is 0 Å². The fourth-order valence-corrected chi connectivity index (χ4v) is 7.94. The molecule has 0 nitrogen and oxygen atoms in total. The van der Waals surface area contributed by atoms with Crippen molar-refractivity contribution in [2.75, 3.05) is 0 Å². The van der Waals surface area contributed by atoms with Crippen molar-refractivity contribution in [1.29, 1.82) is 0 Å². The third-order valence-corrected chi connectivity index (χ3v) is 9.73. The third-order valence-electron chi connectivity index (χ3n) is 4.92. The minimum Gasteiger partial charge on any atom is -0.127 e. The lowest BCUT2D eigenvalue weighted by molar-refractivity contribution is 0.502. The zero-order chi connectivity index (χ0) is 16.6. The average molecular weight is 541 g/mol. The molecule has 0 amide bonds. The molecule has 1 atom stereocenters.